The zero-order chi connectivity index (χ0) is 21.0. The zero-order valence-corrected chi connectivity index (χ0v) is 17.4. The zero-order valence-electron chi connectivity index (χ0n) is 16.6. The van der Waals surface area contributed by atoms with Crippen molar-refractivity contribution in [3.05, 3.63) is 54.1 Å². The first-order valence-corrected chi connectivity index (χ1v) is 11.3. The molecule has 154 valence electrons. The van der Waals surface area contributed by atoms with Crippen molar-refractivity contribution in [3.63, 3.8) is 0 Å². The normalized spacial score (nSPS) is 15.2. The minimum absolute atomic E-state index is 0.0461. The number of anilines is 2. The highest BCUT2D eigenvalue weighted by Crippen LogP contribution is 2.21. The number of benzene rings is 2. The summed E-state index contributed by atoms with van der Waals surface area (Å²) in [5.74, 6) is -0.190. The van der Waals surface area contributed by atoms with E-state index in [1.165, 1.54) is 6.07 Å². The van der Waals surface area contributed by atoms with Crippen LogP contribution in [0.15, 0.2) is 53.4 Å². The Morgan fingerprint density at radius 3 is 2.17 bits per heavy atom. The molecule has 0 bridgehead atoms. The van der Waals surface area contributed by atoms with Gasteiger partial charge in [-0.1, -0.05) is 12.1 Å². The number of ketones is 1. The summed E-state index contributed by atoms with van der Waals surface area (Å²) in [6, 6.07) is 14.0. The summed E-state index contributed by atoms with van der Waals surface area (Å²) in [6.07, 6.45) is 1.13. The number of rotatable bonds is 6. The van der Waals surface area contributed by atoms with Crippen LogP contribution in [0.1, 0.15) is 17.3 Å². The number of sulfone groups is 1. The largest absolute Gasteiger partial charge is 0.369 e. The maximum atomic E-state index is 12.4. The van der Waals surface area contributed by atoms with Crippen LogP contribution in [0.4, 0.5) is 11.4 Å². The van der Waals surface area contributed by atoms with E-state index in [4.69, 9.17) is 0 Å². The second-order valence-corrected chi connectivity index (χ2v) is 9.17. The second-order valence-electron chi connectivity index (χ2n) is 7.18. The molecule has 0 spiro atoms. The molecule has 0 unspecified atom stereocenters. The molecule has 1 aliphatic rings. The van der Waals surface area contributed by atoms with E-state index in [-0.39, 0.29) is 23.1 Å². The molecular weight excluding hydrogens is 390 g/mol. The molecule has 8 heteroatoms. The van der Waals surface area contributed by atoms with Gasteiger partial charge in [0.25, 0.3) is 0 Å². The quantitative estimate of drug-likeness (QED) is 0.727. The topological polar surface area (TPSA) is 86.8 Å². The predicted octanol–water partition coefficient (Wildman–Crippen LogP) is 2.05. The number of nitrogens with one attached hydrogen (secondary N) is 1. The van der Waals surface area contributed by atoms with Crippen LogP contribution < -0.4 is 10.2 Å². The average molecular weight is 416 g/mol. The highest BCUT2D eigenvalue weighted by molar-refractivity contribution is 7.90. The van der Waals surface area contributed by atoms with Crippen molar-refractivity contribution in [2.75, 3.05) is 49.2 Å². The fraction of sp³-hybridized carbons (Fsp3) is 0.333. The molecule has 1 heterocycles. The Morgan fingerprint density at radius 2 is 1.59 bits per heavy atom. The number of carbonyl (C=O) groups excluding carboxylic acids is 2. The van der Waals surface area contributed by atoms with E-state index >= 15 is 0 Å². The standard InChI is InChI=1S/C21H25N3O4S/c1-16(25)17-7-9-18(10-8-17)24-13-11-23(12-14-24)15-21(26)22-19-5-3-4-6-20(19)29(2,27)28/h3-10H,11-15H2,1-2H3,(H,22,26). The number of hydrogen-bond acceptors (Lipinski definition) is 6. The molecule has 0 aromatic heterocycles. The monoisotopic (exact) mass is 415 g/mol. The van der Waals surface area contributed by atoms with E-state index in [2.05, 4.69) is 10.2 Å². The van der Waals surface area contributed by atoms with Crippen molar-refractivity contribution >= 4 is 32.9 Å². The van der Waals surface area contributed by atoms with Gasteiger partial charge < -0.3 is 10.2 Å². The van der Waals surface area contributed by atoms with Gasteiger partial charge in [-0.2, -0.15) is 0 Å². The third-order valence-corrected chi connectivity index (χ3v) is 6.09. The molecular formula is C21H25N3O4S. The number of Topliss-reactive ketones (excluding diaryl/α,β-unsaturated/α-hetero) is 1. The molecule has 7 nitrogen and oxygen atoms in total. The third kappa shape index (κ3) is 5.42. The van der Waals surface area contributed by atoms with E-state index in [1.807, 2.05) is 29.2 Å². The van der Waals surface area contributed by atoms with Crippen LogP contribution in [0.25, 0.3) is 0 Å². The van der Waals surface area contributed by atoms with Gasteiger partial charge in [0.05, 0.1) is 17.1 Å². The summed E-state index contributed by atoms with van der Waals surface area (Å²) >= 11 is 0. The number of carbonyl (C=O) groups is 2. The Kier molecular flexibility index (Phi) is 6.34. The van der Waals surface area contributed by atoms with E-state index in [0.29, 0.717) is 11.3 Å². The van der Waals surface area contributed by atoms with Crippen LogP contribution in [0.3, 0.4) is 0 Å². The summed E-state index contributed by atoms with van der Waals surface area (Å²) in [5.41, 5.74) is 2.06. The van der Waals surface area contributed by atoms with Crippen molar-refractivity contribution in [1.29, 1.82) is 0 Å². The molecule has 2 aromatic rings. The first-order chi connectivity index (χ1) is 13.7. The van der Waals surface area contributed by atoms with Crippen molar-refractivity contribution in [2.24, 2.45) is 0 Å². The molecule has 0 atom stereocenters. The van der Waals surface area contributed by atoms with Gasteiger partial charge >= 0.3 is 0 Å². The Hall–Kier alpha value is -2.71. The van der Waals surface area contributed by atoms with Crippen LogP contribution in [-0.4, -0.2) is 64.0 Å². The van der Waals surface area contributed by atoms with Crippen LogP contribution in [0.5, 0.6) is 0 Å². The average Bonchev–Trinajstić information content (AvgIpc) is 2.68. The van der Waals surface area contributed by atoms with Crippen LogP contribution in [0, 0.1) is 0 Å². The van der Waals surface area contributed by atoms with E-state index in [0.717, 1.165) is 38.1 Å². The van der Waals surface area contributed by atoms with Crippen molar-refractivity contribution < 1.29 is 18.0 Å². The number of hydrogen-bond donors (Lipinski definition) is 1. The number of para-hydroxylation sites is 1. The molecule has 3 rings (SSSR count). The van der Waals surface area contributed by atoms with E-state index in [9.17, 15) is 18.0 Å². The smallest absolute Gasteiger partial charge is 0.238 e. The van der Waals surface area contributed by atoms with Gasteiger partial charge in [0.15, 0.2) is 15.6 Å². The lowest BCUT2D eigenvalue weighted by Crippen LogP contribution is -2.48. The minimum atomic E-state index is -3.41. The molecule has 1 saturated heterocycles. The number of nitrogens with zero attached hydrogens (tertiary/aromatic N) is 2. The molecule has 29 heavy (non-hydrogen) atoms. The number of amides is 1. The highest BCUT2D eigenvalue weighted by atomic mass is 32.2. The number of piperazine rings is 1. The predicted molar refractivity (Wildman–Crippen MR) is 113 cm³/mol. The summed E-state index contributed by atoms with van der Waals surface area (Å²) in [4.78, 5) is 28.2. The van der Waals surface area contributed by atoms with Gasteiger partial charge in [-0.05, 0) is 43.3 Å². The third-order valence-electron chi connectivity index (χ3n) is 4.94. The summed E-state index contributed by atoms with van der Waals surface area (Å²) in [5, 5.41) is 2.72. The van der Waals surface area contributed by atoms with Crippen LogP contribution >= 0.6 is 0 Å². The second kappa shape index (κ2) is 8.75. The molecule has 1 amide bonds. The van der Waals surface area contributed by atoms with Crippen molar-refractivity contribution in [3.8, 4) is 0 Å². The van der Waals surface area contributed by atoms with Crippen molar-refractivity contribution in [2.45, 2.75) is 11.8 Å². The van der Waals surface area contributed by atoms with Gasteiger partial charge in [0, 0.05) is 43.7 Å². The molecule has 1 N–H and O–H groups in total. The molecule has 0 aliphatic carbocycles. The molecule has 0 saturated carbocycles. The van der Waals surface area contributed by atoms with E-state index in [1.54, 1.807) is 25.1 Å². The Morgan fingerprint density at radius 1 is 0.966 bits per heavy atom. The lowest BCUT2D eigenvalue weighted by Gasteiger charge is -2.35. The maximum Gasteiger partial charge on any atom is 0.238 e. The van der Waals surface area contributed by atoms with Gasteiger partial charge in [-0.25, -0.2) is 8.42 Å². The molecule has 0 radical (unpaired) electrons. The van der Waals surface area contributed by atoms with Crippen molar-refractivity contribution in [1.82, 2.24) is 4.90 Å². The lowest BCUT2D eigenvalue weighted by molar-refractivity contribution is -0.117. The SMILES string of the molecule is CC(=O)c1ccc(N2CCN(CC(=O)Nc3ccccc3S(C)(=O)=O)CC2)cc1. The summed E-state index contributed by atoms with van der Waals surface area (Å²) in [6.45, 7) is 4.73. The first kappa shape index (κ1) is 21.0. The molecule has 2 aromatic carbocycles. The molecule has 1 fully saturated rings. The van der Waals surface area contributed by atoms with Gasteiger partial charge in [0.1, 0.15) is 0 Å². The summed E-state index contributed by atoms with van der Waals surface area (Å²) < 4.78 is 23.7. The van der Waals surface area contributed by atoms with Gasteiger partial charge in [0.2, 0.25) is 5.91 Å². The van der Waals surface area contributed by atoms with Crippen LogP contribution in [0.2, 0.25) is 0 Å². The Bertz CT molecular complexity index is 995. The maximum absolute atomic E-state index is 12.4. The highest BCUT2D eigenvalue weighted by Gasteiger charge is 2.21. The fourth-order valence-corrected chi connectivity index (χ4v) is 4.20. The van der Waals surface area contributed by atoms with Crippen LogP contribution in [-0.2, 0) is 14.6 Å². The minimum Gasteiger partial charge on any atom is -0.369 e. The fourth-order valence-electron chi connectivity index (χ4n) is 3.36. The molecule has 1 aliphatic heterocycles. The van der Waals surface area contributed by atoms with E-state index < -0.39 is 9.84 Å². The Labute approximate surface area is 171 Å². The van der Waals surface area contributed by atoms with Gasteiger partial charge in [-0.3, -0.25) is 14.5 Å². The summed E-state index contributed by atoms with van der Waals surface area (Å²) in [7, 11) is -3.41. The lowest BCUT2D eigenvalue weighted by atomic mass is 10.1. The van der Waals surface area contributed by atoms with Gasteiger partial charge in [-0.15, -0.1) is 0 Å². The first-order valence-electron chi connectivity index (χ1n) is 9.41. The Balaban J connectivity index is 1.55.